The molecule has 0 amide bonds. The molecule has 0 aliphatic carbocycles. The zero-order valence-electron chi connectivity index (χ0n) is 12.3. The molecule has 1 aromatic heterocycles. The van der Waals surface area contributed by atoms with Crippen LogP contribution < -0.4 is 10.5 Å². The van der Waals surface area contributed by atoms with Crippen molar-refractivity contribution in [2.45, 2.75) is 39.8 Å². The Morgan fingerprint density at radius 3 is 2.60 bits per heavy atom. The molecule has 0 fully saturated rings. The van der Waals surface area contributed by atoms with Gasteiger partial charge in [0.1, 0.15) is 5.75 Å². The number of ether oxygens (including phenoxy) is 1. The molecule has 0 bridgehead atoms. The Bertz CT molecular complexity index is 564. The molecular formula is C15H21N3O2. The molecule has 1 aromatic carbocycles. The Balaban J connectivity index is 2.24. The van der Waals surface area contributed by atoms with Gasteiger partial charge in [0.2, 0.25) is 0 Å². The van der Waals surface area contributed by atoms with Gasteiger partial charge in [-0.2, -0.15) is 4.98 Å². The van der Waals surface area contributed by atoms with Gasteiger partial charge in [-0.25, -0.2) is 0 Å². The molecule has 0 radical (unpaired) electrons. The van der Waals surface area contributed by atoms with Crippen LogP contribution in [-0.2, 0) is 0 Å². The molecule has 0 saturated carbocycles. The van der Waals surface area contributed by atoms with E-state index in [0.717, 1.165) is 11.3 Å². The van der Waals surface area contributed by atoms with Crippen LogP contribution in [0.4, 0.5) is 0 Å². The SMILES string of the molecule is CC(C)Oc1cccc(-c2nc(C(N)C(C)C)no2)c1. The summed E-state index contributed by atoms with van der Waals surface area (Å²) in [6.07, 6.45) is 0.123. The summed E-state index contributed by atoms with van der Waals surface area (Å²) in [6.45, 7) is 8.02. The summed E-state index contributed by atoms with van der Waals surface area (Å²) < 4.78 is 10.9. The maximum Gasteiger partial charge on any atom is 0.258 e. The van der Waals surface area contributed by atoms with Crippen molar-refractivity contribution < 1.29 is 9.26 Å². The topological polar surface area (TPSA) is 74.2 Å². The summed E-state index contributed by atoms with van der Waals surface area (Å²) in [5.74, 6) is 2.04. The number of rotatable bonds is 5. The van der Waals surface area contributed by atoms with Gasteiger partial charge in [-0.3, -0.25) is 0 Å². The second-order valence-electron chi connectivity index (χ2n) is 5.42. The standard InChI is InChI=1S/C15H21N3O2/c1-9(2)13(16)14-17-15(20-18-14)11-6-5-7-12(8-11)19-10(3)4/h5-10,13H,16H2,1-4H3. The highest BCUT2D eigenvalue weighted by Gasteiger charge is 2.18. The molecule has 1 unspecified atom stereocenters. The monoisotopic (exact) mass is 275 g/mol. The van der Waals surface area contributed by atoms with Crippen molar-refractivity contribution in [3.05, 3.63) is 30.1 Å². The van der Waals surface area contributed by atoms with Gasteiger partial charge in [0.15, 0.2) is 5.82 Å². The largest absolute Gasteiger partial charge is 0.491 e. The van der Waals surface area contributed by atoms with E-state index in [-0.39, 0.29) is 18.1 Å². The van der Waals surface area contributed by atoms with E-state index in [2.05, 4.69) is 10.1 Å². The molecule has 5 heteroatoms. The van der Waals surface area contributed by atoms with Gasteiger partial charge in [-0.05, 0) is 38.0 Å². The van der Waals surface area contributed by atoms with Crippen LogP contribution in [-0.4, -0.2) is 16.2 Å². The first-order valence-corrected chi connectivity index (χ1v) is 6.83. The smallest absolute Gasteiger partial charge is 0.258 e. The van der Waals surface area contributed by atoms with Crippen LogP contribution in [0.1, 0.15) is 39.6 Å². The summed E-state index contributed by atoms with van der Waals surface area (Å²) in [6, 6.07) is 7.38. The third kappa shape index (κ3) is 3.36. The van der Waals surface area contributed by atoms with Gasteiger partial charge in [-0.1, -0.05) is 25.1 Å². The minimum Gasteiger partial charge on any atom is -0.491 e. The van der Waals surface area contributed by atoms with Gasteiger partial charge < -0.3 is 15.0 Å². The Labute approximate surface area is 119 Å². The fourth-order valence-corrected chi connectivity index (χ4v) is 1.76. The predicted octanol–water partition coefficient (Wildman–Crippen LogP) is 3.18. The number of hydrogen-bond acceptors (Lipinski definition) is 5. The molecule has 1 heterocycles. The number of aromatic nitrogens is 2. The van der Waals surface area contributed by atoms with E-state index in [9.17, 15) is 0 Å². The van der Waals surface area contributed by atoms with E-state index in [1.165, 1.54) is 0 Å². The van der Waals surface area contributed by atoms with Crippen molar-refractivity contribution in [3.63, 3.8) is 0 Å². The fourth-order valence-electron chi connectivity index (χ4n) is 1.76. The second-order valence-corrected chi connectivity index (χ2v) is 5.42. The van der Waals surface area contributed by atoms with Crippen molar-refractivity contribution in [2.75, 3.05) is 0 Å². The molecule has 1 atom stereocenters. The van der Waals surface area contributed by atoms with Crippen LogP contribution in [0, 0.1) is 5.92 Å². The van der Waals surface area contributed by atoms with E-state index in [1.54, 1.807) is 0 Å². The lowest BCUT2D eigenvalue weighted by Crippen LogP contribution is -2.18. The molecule has 0 aliphatic heterocycles. The third-order valence-corrected chi connectivity index (χ3v) is 2.91. The van der Waals surface area contributed by atoms with E-state index < -0.39 is 0 Å². The van der Waals surface area contributed by atoms with Gasteiger partial charge >= 0.3 is 0 Å². The van der Waals surface area contributed by atoms with E-state index in [1.807, 2.05) is 52.0 Å². The van der Waals surface area contributed by atoms with Gasteiger partial charge in [0.25, 0.3) is 5.89 Å². The average molecular weight is 275 g/mol. The molecule has 0 aliphatic rings. The molecule has 0 saturated heterocycles. The van der Waals surface area contributed by atoms with Gasteiger partial charge in [-0.15, -0.1) is 0 Å². The van der Waals surface area contributed by atoms with Crippen molar-refractivity contribution in [1.82, 2.24) is 10.1 Å². The van der Waals surface area contributed by atoms with E-state index in [0.29, 0.717) is 11.7 Å². The number of nitrogens with zero attached hydrogens (tertiary/aromatic N) is 2. The Morgan fingerprint density at radius 1 is 1.20 bits per heavy atom. The predicted molar refractivity (Wildman–Crippen MR) is 77.3 cm³/mol. The number of nitrogens with two attached hydrogens (primary N) is 1. The minimum atomic E-state index is -0.220. The van der Waals surface area contributed by atoms with Crippen LogP contribution in [0.3, 0.4) is 0 Å². The van der Waals surface area contributed by atoms with Crippen LogP contribution in [0.25, 0.3) is 11.5 Å². The van der Waals surface area contributed by atoms with Crippen LogP contribution in [0.15, 0.2) is 28.8 Å². The van der Waals surface area contributed by atoms with Crippen LogP contribution in [0.5, 0.6) is 5.75 Å². The molecule has 20 heavy (non-hydrogen) atoms. The second kappa shape index (κ2) is 6.05. The van der Waals surface area contributed by atoms with Crippen molar-refractivity contribution in [1.29, 1.82) is 0 Å². The lowest BCUT2D eigenvalue weighted by Gasteiger charge is -2.10. The van der Waals surface area contributed by atoms with Gasteiger partial charge in [0, 0.05) is 5.56 Å². The molecule has 5 nitrogen and oxygen atoms in total. The fraction of sp³-hybridized carbons (Fsp3) is 0.467. The first-order chi connectivity index (χ1) is 9.47. The van der Waals surface area contributed by atoms with Crippen molar-refractivity contribution >= 4 is 0 Å². The first-order valence-electron chi connectivity index (χ1n) is 6.83. The van der Waals surface area contributed by atoms with Gasteiger partial charge in [0.05, 0.1) is 12.1 Å². The van der Waals surface area contributed by atoms with Crippen molar-refractivity contribution in [3.8, 4) is 17.2 Å². The summed E-state index contributed by atoms with van der Waals surface area (Å²) in [5, 5.41) is 3.95. The quantitative estimate of drug-likeness (QED) is 0.907. The summed E-state index contributed by atoms with van der Waals surface area (Å²) in [4.78, 5) is 4.36. The van der Waals surface area contributed by atoms with E-state index >= 15 is 0 Å². The molecule has 2 aromatic rings. The summed E-state index contributed by atoms with van der Waals surface area (Å²) >= 11 is 0. The zero-order chi connectivity index (χ0) is 14.7. The Hall–Kier alpha value is -1.88. The maximum atomic E-state index is 6.02. The Morgan fingerprint density at radius 2 is 1.95 bits per heavy atom. The highest BCUT2D eigenvalue weighted by molar-refractivity contribution is 5.55. The first kappa shape index (κ1) is 14.5. The molecular weight excluding hydrogens is 254 g/mol. The number of benzene rings is 1. The maximum absolute atomic E-state index is 6.02. The van der Waals surface area contributed by atoms with Crippen LogP contribution in [0.2, 0.25) is 0 Å². The third-order valence-electron chi connectivity index (χ3n) is 2.91. The molecule has 2 rings (SSSR count). The lowest BCUT2D eigenvalue weighted by atomic mass is 10.1. The molecule has 0 spiro atoms. The Kier molecular flexibility index (Phi) is 4.39. The molecule has 108 valence electrons. The van der Waals surface area contributed by atoms with E-state index in [4.69, 9.17) is 15.0 Å². The zero-order valence-corrected chi connectivity index (χ0v) is 12.3. The summed E-state index contributed by atoms with van der Waals surface area (Å²) in [7, 11) is 0. The summed E-state index contributed by atoms with van der Waals surface area (Å²) in [5.41, 5.74) is 6.85. The number of hydrogen-bond donors (Lipinski definition) is 1. The lowest BCUT2D eigenvalue weighted by molar-refractivity contribution is 0.242. The highest BCUT2D eigenvalue weighted by atomic mass is 16.5. The normalized spacial score (nSPS) is 12.9. The highest BCUT2D eigenvalue weighted by Crippen LogP contribution is 2.25. The van der Waals surface area contributed by atoms with Crippen molar-refractivity contribution in [2.24, 2.45) is 11.7 Å². The van der Waals surface area contributed by atoms with Crippen LogP contribution >= 0.6 is 0 Å². The minimum absolute atomic E-state index is 0.123. The molecule has 2 N–H and O–H groups in total. The average Bonchev–Trinajstić information content (AvgIpc) is 2.86.